The van der Waals surface area contributed by atoms with Gasteiger partial charge in [0.1, 0.15) is 0 Å². The van der Waals surface area contributed by atoms with Crippen LogP contribution in [0.15, 0.2) is 49.1 Å². The monoisotopic (exact) mass is 385 g/mol. The number of Topliss-reactive ketones (excluding diaryl/α,β-unsaturated/α-hetero) is 1. The fraction of sp³-hybridized carbons (Fsp3) is 0.429. The Labute approximate surface area is 165 Å². The van der Waals surface area contributed by atoms with Gasteiger partial charge < -0.3 is 14.2 Å². The van der Waals surface area contributed by atoms with Crippen LogP contribution in [0.5, 0.6) is 0 Å². The topological polar surface area (TPSA) is 81.5 Å². The van der Waals surface area contributed by atoms with Crippen molar-refractivity contribution >= 4 is 17.7 Å². The first-order valence-electron chi connectivity index (χ1n) is 9.57. The standard InChI is InChI=1S/C21H27N3O4/c1-2-28-21(27)11-15-24(14-6-13-23-16-12-22-17-23)20(26)10-9-19(25)18-7-4-3-5-8-18/h3-5,7-8,12,16-17H,2,6,9-11,13-15H2,1H3. The normalized spacial score (nSPS) is 10.5. The summed E-state index contributed by atoms with van der Waals surface area (Å²) in [5.41, 5.74) is 0.605. The van der Waals surface area contributed by atoms with Crippen molar-refractivity contribution in [1.82, 2.24) is 14.5 Å². The maximum atomic E-state index is 12.6. The molecule has 7 heteroatoms. The lowest BCUT2D eigenvalue weighted by Gasteiger charge is -2.22. The van der Waals surface area contributed by atoms with Crippen molar-refractivity contribution in [3.63, 3.8) is 0 Å². The zero-order chi connectivity index (χ0) is 20.2. The van der Waals surface area contributed by atoms with Crippen molar-refractivity contribution in [2.24, 2.45) is 0 Å². The van der Waals surface area contributed by atoms with E-state index < -0.39 is 0 Å². The Hall–Kier alpha value is -2.96. The minimum Gasteiger partial charge on any atom is -0.466 e. The highest BCUT2D eigenvalue weighted by atomic mass is 16.5. The van der Waals surface area contributed by atoms with E-state index in [2.05, 4.69) is 4.98 Å². The van der Waals surface area contributed by atoms with Gasteiger partial charge in [0.05, 0.1) is 19.4 Å². The molecular weight excluding hydrogens is 358 g/mol. The molecule has 28 heavy (non-hydrogen) atoms. The van der Waals surface area contributed by atoms with Crippen molar-refractivity contribution in [3.05, 3.63) is 54.6 Å². The maximum absolute atomic E-state index is 12.6. The first-order valence-corrected chi connectivity index (χ1v) is 9.57. The van der Waals surface area contributed by atoms with Crippen LogP contribution in [0.3, 0.4) is 0 Å². The van der Waals surface area contributed by atoms with Gasteiger partial charge >= 0.3 is 5.97 Å². The zero-order valence-electron chi connectivity index (χ0n) is 16.3. The van der Waals surface area contributed by atoms with Crippen LogP contribution in [-0.4, -0.2) is 51.8 Å². The number of hydrogen-bond acceptors (Lipinski definition) is 5. The molecule has 0 aliphatic carbocycles. The summed E-state index contributed by atoms with van der Waals surface area (Å²) >= 11 is 0. The number of amides is 1. The Morgan fingerprint density at radius 2 is 1.86 bits per heavy atom. The van der Waals surface area contributed by atoms with Gasteiger partial charge in [-0.3, -0.25) is 14.4 Å². The highest BCUT2D eigenvalue weighted by Gasteiger charge is 2.17. The Kier molecular flexibility index (Phi) is 8.91. The molecule has 0 spiro atoms. The van der Waals surface area contributed by atoms with Gasteiger partial charge in [-0.25, -0.2) is 4.98 Å². The van der Waals surface area contributed by atoms with Crippen LogP contribution >= 0.6 is 0 Å². The quantitative estimate of drug-likeness (QED) is 0.414. The average Bonchev–Trinajstić information content (AvgIpc) is 3.22. The number of rotatable bonds is 12. The van der Waals surface area contributed by atoms with Crippen LogP contribution in [0.4, 0.5) is 0 Å². The first-order chi connectivity index (χ1) is 13.6. The van der Waals surface area contributed by atoms with Crippen LogP contribution in [0.2, 0.25) is 0 Å². The Morgan fingerprint density at radius 1 is 1.07 bits per heavy atom. The SMILES string of the molecule is CCOC(=O)CCN(CCCn1ccnc1)C(=O)CCC(=O)c1ccccc1. The molecule has 0 atom stereocenters. The molecule has 0 aliphatic heterocycles. The summed E-state index contributed by atoms with van der Waals surface area (Å²) in [6, 6.07) is 8.94. The Morgan fingerprint density at radius 3 is 2.54 bits per heavy atom. The summed E-state index contributed by atoms with van der Waals surface area (Å²) in [7, 11) is 0. The van der Waals surface area contributed by atoms with E-state index in [-0.39, 0.29) is 36.9 Å². The smallest absolute Gasteiger partial charge is 0.307 e. The molecule has 0 unspecified atom stereocenters. The molecule has 0 saturated heterocycles. The van der Waals surface area contributed by atoms with Crippen LogP contribution < -0.4 is 0 Å². The maximum Gasteiger partial charge on any atom is 0.307 e. The second-order valence-corrected chi connectivity index (χ2v) is 6.38. The Balaban J connectivity index is 1.86. The van der Waals surface area contributed by atoms with Crippen molar-refractivity contribution in [2.45, 2.75) is 39.2 Å². The van der Waals surface area contributed by atoms with Gasteiger partial charge in [0.15, 0.2) is 5.78 Å². The molecular formula is C21H27N3O4. The minimum atomic E-state index is -0.324. The average molecular weight is 385 g/mol. The first kappa shape index (κ1) is 21.3. The van der Waals surface area contributed by atoms with Gasteiger partial charge in [-0.15, -0.1) is 0 Å². The van der Waals surface area contributed by atoms with Gasteiger partial charge in [-0.05, 0) is 13.3 Å². The number of nitrogens with zero attached hydrogens (tertiary/aromatic N) is 3. The van der Waals surface area contributed by atoms with E-state index >= 15 is 0 Å². The highest BCUT2D eigenvalue weighted by Crippen LogP contribution is 2.08. The minimum absolute atomic E-state index is 0.0577. The molecule has 0 fully saturated rings. The molecule has 0 bridgehead atoms. The number of aromatic nitrogens is 2. The lowest BCUT2D eigenvalue weighted by molar-refractivity contribution is -0.144. The molecule has 0 radical (unpaired) electrons. The largest absolute Gasteiger partial charge is 0.466 e. The highest BCUT2D eigenvalue weighted by molar-refractivity contribution is 5.97. The van der Waals surface area contributed by atoms with E-state index in [0.717, 1.165) is 13.0 Å². The van der Waals surface area contributed by atoms with Crippen molar-refractivity contribution in [2.75, 3.05) is 19.7 Å². The summed E-state index contributed by atoms with van der Waals surface area (Å²) in [6.45, 7) is 3.60. The van der Waals surface area contributed by atoms with Crippen LogP contribution in [-0.2, 0) is 20.9 Å². The number of imidazole rings is 1. The second kappa shape index (κ2) is 11.7. The predicted molar refractivity (Wildman–Crippen MR) is 105 cm³/mol. The fourth-order valence-electron chi connectivity index (χ4n) is 2.83. The van der Waals surface area contributed by atoms with E-state index in [9.17, 15) is 14.4 Å². The zero-order valence-corrected chi connectivity index (χ0v) is 16.3. The summed E-state index contributed by atoms with van der Waals surface area (Å²) in [5, 5.41) is 0. The van der Waals surface area contributed by atoms with Gasteiger partial charge in [0.2, 0.25) is 5.91 Å². The third-order valence-corrected chi connectivity index (χ3v) is 4.31. The molecule has 2 aromatic rings. The molecule has 1 amide bonds. The number of esters is 1. The Bertz CT molecular complexity index is 744. The van der Waals surface area contributed by atoms with E-state index in [1.807, 2.05) is 16.8 Å². The van der Waals surface area contributed by atoms with Gasteiger partial charge in [-0.2, -0.15) is 0 Å². The van der Waals surface area contributed by atoms with Crippen LogP contribution in [0.25, 0.3) is 0 Å². The molecule has 0 aliphatic rings. The van der Waals surface area contributed by atoms with E-state index in [1.165, 1.54) is 0 Å². The number of carbonyl (C=O) groups excluding carboxylic acids is 3. The molecule has 2 rings (SSSR count). The molecule has 1 aromatic carbocycles. The lowest BCUT2D eigenvalue weighted by Crippen LogP contribution is -2.34. The third kappa shape index (κ3) is 7.34. The molecule has 7 nitrogen and oxygen atoms in total. The van der Waals surface area contributed by atoms with Crippen molar-refractivity contribution in [3.8, 4) is 0 Å². The summed E-state index contributed by atoms with van der Waals surface area (Å²) in [4.78, 5) is 42.2. The number of ketones is 1. The number of carbonyl (C=O) groups is 3. The summed E-state index contributed by atoms with van der Waals surface area (Å²) in [6.07, 6.45) is 6.46. The lowest BCUT2D eigenvalue weighted by atomic mass is 10.1. The van der Waals surface area contributed by atoms with E-state index in [1.54, 1.807) is 48.6 Å². The van der Waals surface area contributed by atoms with Crippen LogP contribution in [0.1, 0.15) is 43.0 Å². The van der Waals surface area contributed by atoms with E-state index in [4.69, 9.17) is 4.74 Å². The van der Waals surface area contributed by atoms with Gasteiger partial charge in [-0.1, -0.05) is 30.3 Å². The number of ether oxygens (including phenoxy) is 1. The number of benzene rings is 1. The summed E-state index contributed by atoms with van der Waals surface area (Å²) < 4.78 is 6.89. The summed E-state index contributed by atoms with van der Waals surface area (Å²) in [5.74, 6) is -0.507. The molecule has 0 saturated carbocycles. The van der Waals surface area contributed by atoms with E-state index in [0.29, 0.717) is 25.3 Å². The van der Waals surface area contributed by atoms with Gasteiger partial charge in [0, 0.05) is 50.4 Å². The van der Waals surface area contributed by atoms with Crippen LogP contribution in [0, 0.1) is 0 Å². The molecule has 1 aromatic heterocycles. The predicted octanol–water partition coefficient (Wildman–Crippen LogP) is 2.72. The molecule has 1 heterocycles. The van der Waals surface area contributed by atoms with Crippen molar-refractivity contribution < 1.29 is 19.1 Å². The second-order valence-electron chi connectivity index (χ2n) is 6.38. The number of hydrogen-bond donors (Lipinski definition) is 0. The third-order valence-electron chi connectivity index (χ3n) is 4.31. The number of aryl methyl sites for hydroxylation is 1. The molecule has 0 N–H and O–H groups in total. The fourth-order valence-corrected chi connectivity index (χ4v) is 2.83. The van der Waals surface area contributed by atoms with Gasteiger partial charge in [0.25, 0.3) is 0 Å². The van der Waals surface area contributed by atoms with Crippen molar-refractivity contribution in [1.29, 1.82) is 0 Å². The molecule has 150 valence electrons.